The fourth-order valence-electron chi connectivity index (χ4n) is 3.72. The first-order chi connectivity index (χ1) is 13.1. The van der Waals surface area contributed by atoms with Crippen LogP contribution in [0.3, 0.4) is 0 Å². The molecule has 0 atom stereocenters. The standard InChI is InChI=1S/C21H28N2O3S/c1-2-26-20(25)21(14-8-3-9-15-21)23-18(24)12-6-7-13-19-22-16-10-4-5-11-17(16)27-19/h4-5,10-11H,2-3,6-9,12-15H2,1H3,(H,23,24). The number of rotatable bonds is 8. The first-order valence-electron chi connectivity index (χ1n) is 9.96. The number of nitrogens with one attached hydrogen (secondary N) is 1. The number of para-hydroxylation sites is 1. The van der Waals surface area contributed by atoms with Gasteiger partial charge in [-0.05, 0) is 51.2 Å². The van der Waals surface area contributed by atoms with E-state index in [4.69, 9.17) is 4.74 Å². The number of nitrogens with zero attached hydrogens (tertiary/aromatic N) is 1. The van der Waals surface area contributed by atoms with Crippen LogP contribution in [0.1, 0.15) is 63.3 Å². The maximum Gasteiger partial charge on any atom is 0.331 e. The van der Waals surface area contributed by atoms with Gasteiger partial charge in [0.1, 0.15) is 5.54 Å². The van der Waals surface area contributed by atoms with Crippen molar-refractivity contribution in [2.45, 2.75) is 70.3 Å². The molecule has 1 heterocycles. The van der Waals surface area contributed by atoms with Gasteiger partial charge in [0.15, 0.2) is 0 Å². The van der Waals surface area contributed by atoms with E-state index in [0.29, 0.717) is 25.9 Å². The number of benzene rings is 1. The molecule has 6 heteroatoms. The molecular formula is C21H28N2O3S. The number of amides is 1. The lowest BCUT2D eigenvalue weighted by Gasteiger charge is -2.35. The van der Waals surface area contributed by atoms with Gasteiger partial charge in [-0.15, -0.1) is 11.3 Å². The summed E-state index contributed by atoms with van der Waals surface area (Å²) in [6.45, 7) is 2.15. The molecule has 3 rings (SSSR count). The Morgan fingerprint density at radius 3 is 2.70 bits per heavy atom. The molecule has 1 saturated carbocycles. The van der Waals surface area contributed by atoms with Gasteiger partial charge < -0.3 is 10.1 Å². The number of carbonyl (C=O) groups is 2. The third-order valence-corrected chi connectivity index (χ3v) is 6.23. The lowest BCUT2D eigenvalue weighted by atomic mass is 9.81. The van der Waals surface area contributed by atoms with Crippen molar-refractivity contribution in [1.29, 1.82) is 0 Å². The van der Waals surface area contributed by atoms with Gasteiger partial charge in [-0.25, -0.2) is 9.78 Å². The van der Waals surface area contributed by atoms with Crippen LogP contribution in [-0.4, -0.2) is 29.0 Å². The van der Waals surface area contributed by atoms with Crippen molar-refractivity contribution in [3.8, 4) is 0 Å². The Labute approximate surface area is 164 Å². The van der Waals surface area contributed by atoms with Gasteiger partial charge >= 0.3 is 5.97 Å². The number of ether oxygens (including phenoxy) is 1. The molecule has 1 fully saturated rings. The maximum absolute atomic E-state index is 12.4. The second kappa shape index (κ2) is 9.31. The van der Waals surface area contributed by atoms with Gasteiger partial charge in [0, 0.05) is 6.42 Å². The predicted molar refractivity (Wildman–Crippen MR) is 108 cm³/mol. The van der Waals surface area contributed by atoms with E-state index < -0.39 is 5.54 Å². The minimum absolute atomic E-state index is 0.0470. The van der Waals surface area contributed by atoms with Gasteiger partial charge in [0.2, 0.25) is 5.91 Å². The first kappa shape index (κ1) is 19.8. The topological polar surface area (TPSA) is 68.3 Å². The fraction of sp³-hybridized carbons (Fsp3) is 0.571. The predicted octanol–water partition coefficient (Wildman–Crippen LogP) is 4.39. The Morgan fingerprint density at radius 2 is 1.96 bits per heavy atom. The summed E-state index contributed by atoms with van der Waals surface area (Å²) in [4.78, 5) is 29.5. The minimum Gasteiger partial charge on any atom is -0.464 e. The van der Waals surface area contributed by atoms with Crippen LogP contribution < -0.4 is 5.32 Å². The molecule has 5 nitrogen and oxygen atoms in total. The zero-order valence-electron chi connectivity index (χ0n) is 16.0. The zero-order valence-corrected chi connectivity index (χ0v) is 16.8. The second-order valence-corrected chi connectivity index (χ2v) is 8.31. The van der Waals surface area contributed by atoms with E-state index >= 15 is 0 Å². The lowest BCUT2D eigenvalue weighted by Crippen LogP contribution is -2.56. The van der Waals surface area contributed by atoms with E-state index in [2.05, 4.69) is 16.4 Å². The average Bonchev–Trinajstić information content (AvgIpc) is 3.09. The Hall–Kier alpha value is -1.95. The van der Waals surface area contributed by atoms with E-state index in [-0.39, 0.29) is 11.9 Å². The van der Waals surface area contributed by atoms with Crippen molar-refractivity contribution < 1.29 is 14.3 Å². The van der Waals surface area contributed by atoms with Crippen LogP contribution in [0.15, 0.2) is 24.3 Å². The number of hydrogen-bond donors (Lipinski definition) is 1. The molecule has 1 aliphatic carbocycles. The molecule has 0 saturated heterocycles. The number of fused-ring (bicyclic) bond motifs is 1. The normalized spacial score (nSPS) is 16.2. The van der Waals surface area contributed by atoms with Crippen LogP contribution in [0.25, 0.3) is 10.2 Å². The third-order valence-electron chi connectivity index (χ3n) is 5.13. The second-order valence-electron chi connectivity index (χ2n) is 7.19. The van der Waals surface area contributed by atoms with E-state index in [1.54, 1.807) is 18.3 Å². The van der Waals surface area contributed by atoms with Gasteiger partial charge in [-0.3, -0.25) is 4.79 Å². The van der Waals surface area contributed by atoms with Crippen molar-refractivity contribution in [2.24, 2.45) is 0 Å². The summed E-state index contributed by atoms with van der Waals surface area (Å²) in [6.07, 6.45) is 7.42. The number of hydrogen-bond acceptors (Lipinski definition) is 5. The summed E-state index contributed by atoms with van der Waals surface area (Å²) >= 11 is 1.72. The number of aromatic nitrogens is 1. The smallest absolute Gasteiger partial charge is 0.331 e. The molecule has 1 amide bonds. The molecule has 0 spiro atoms. The van der Waals surface area contributed by atoms with Gasteiger partial charge in [0.25, 0.3) is 0 Å². The van der Waals surface area contributed by atoms with E-state index in [1.165, 1.54) is 4.70 Å². The molecule has 0 unspecified atom stereocenters. The molecule has 27 heavy (non-hydrogen) atoms. The molecule has 146 valence electrons. The molecule has 2 aromatic rings. The van der Waals surface area contributed by atoms with Crippen LogP contribution in [-0.2, 0) is 20.7 Å². The van der Waals surface area contributed by atoms with E-state index in [1.807, 2.05) is 18.2 Å². The fourth-order valence-corrected chi connectivity index (χ4v) is 4.73. The lowest BCUT2D eigenvalue weighted by molar-refractivity contribution is -0.155. The number of aryl methyl sites for hydroxylation is 1. The summed E-state index contributed by atoms with van der Waals surface area (Å²) < 4.78 is 6.44. The highest BCUT2D eigenvalue weighted by Crippen LogP contribution is 2.30. The Balaban J connectivity index is 1.47. The van der Waals surface area contributed by atoms with Crippen LogP contribution >= 0.6 is 11.3 Å². The third kappa shape index (κ3) is 5.06. The average molecular weight is 389 g/mol. The summed E-state index contributed by atoms with van der Waals surface area (Å²) in [5.74, 6) is -0.318. The molecular weight excluding hydrogens is 360 g/mol. The van der Waals surface area contributed by atoms with Crippen molar-refractivity contribution in [2.75, 3.05) is 6.61 Å². The van der Waals surface area contributed by atoms with E-state index in [0.717, 1.165) is 49.0 Å². The van der Waals surface area contributed by atoms with Crippen LogP contribution in [0, 0.1) is 0 Å². The van der Waals surface area contributed by atoms with Gasteiger partial charge in [0.05, 0.1) is 21.8 Å². The Bertz CT molecular complexity index is 748. The molecule has 0 bridgehead atoms. The van der Waals surface area contributed by atoms with Gasteiger partial charge in [-0.1, -0.05) is 31.4 Å². The monoisotopic (exact) mass is 388 g/mol. The number of carbonyl (C=O) groups excluding carboxylic acids is 2. The van der Waals surface area contributed by atoms with Gasteiger partial charge in [-0.2, -0.15) is 0 Å². The van der Waals surface area contributed by atoms with Crippen LogP contribution in [0.4, 0.5) is 0 Å². The van der Waals surface area contributed by atoms with E-state index in [9.17, 15) is 9.59 Å². The summed E-state index contributed by atoms with van der Waals surface area (Å²) in [5, 5.41) is 4.13. The summed E-state index contributed by atoms with van der Waals surface area (Å²) in [6, 6.07) is 8.14. The van der Waals surface area contributed by atoms with Crippen molar-refractivity contribution in [1.82, 2.24) is 10.3 Å². The molecule has 1 N–H and O–H groups in total. The Morgan fingerprint density at radius 1 is 1.19 bits per heavy atom. The number of unbranched alkanes of at least 4 members (excludes halogenated alkanes) is 1. The number of thiazole rings is 1. The summed E-state index contributed by atoms with van der Waals surface area (Å²) in [5.41, 5.74) is 0.238. The molecule has 1 aliphatic rings. The van der Waals surface area contributed by atoms with Crippen molar-refractivity contribution in [3.63, 3.8) is 0 Å². The zero-order chi connectivity index (χ0) is 19.1. The largest absolute Gasteiger partial charge is 0.464 e. The van der Waals surface area contributed by atoms with Crippen molar-refractivity contribution >= 4 is 33.4 Å². The highest BCUT2D eigenvalue weighted by Gasteiger charge is 2.42. The highest BCUT2D eigenvalue weighted by molar-refractivity contribution is 7.18. The van der Waals surface area contributed by atoms with Crippen LogP contribution in [0.2, 0.25) is 0 Å². The van der Waals surface area contributed by atoms with Crippen LogP contribution in [0.5, 0.6) is 0 Å². The maximum atomic E-state index is 12.4. The molecule has 0 aliphatic heterocycles. The van der Waals surface area contributed by atoms with Crippen molar-refractivity contribution in [3.05, 3.63) is 29.3 Å². The number of esters is 1. The first-order valence-corrected chi connectivity index (χ1v) is 10.8. The SMILES string of the molecule is CCOC(=O)C1(NC(=O)CCCCc2nc3ccccc3s2)CCCCC1. The summed E-state index contributed by atoms with van der Waals surface area (Å²) in [7, 11) is 0. The molecule has 0 radical (unpaired) electrons. The Kier molecular flexibility index (Phi) is 6.83. The highest BCUT2D eigenvalue weighted by atomic mass is 32.1. The minimum atomic E-state index is -0.807. The molecule has 1 aromatic heterocycles. The molecule has 1 aromatic carbocycles. The quantitative estimate of drug-likeness (QED) is 0.538.